The van der Waals surface area contributed by atoms with Crippen LogP contribution in [0.25, 0.3) is 0 Å². The van der Waals surface area contributed by atoms with Gasteiger partial charge in [0.1, 0.15) is 11.6 Å². The highest BCUT2D eigenvalue weighted by Gasteiger charge is 2.23. The van der Waals surface area contributed by atoms with E-state index in [0.717, 1.165) is 38.5 Å². The van der Waals surface area contributed by atoms with Crippen LogP contribution in [0.2, 0.25) is 0 Å². The molecule has 2 unspecified atom stereocenters. The summed E-state index contributed by atoms with van der Waals surface area (Å²) >= 11 is 0. The predicted molar refractivity (Wildman–Crippen MR) is 105 cm³/mol. The Bertz CT molecular complexity index is 706. The Kier molecular flexibility index (Phi) is 6.76. The SMILES string of the molecule is O=C1CCCC(c2ccccc2)C1.O=C1CCCCC1c1ccccc1. The Morgan fingerprint density at radius 2 is 1.31 bits per heavy atom. The van der Waals surface area contributed by atoms with E-state index in [2.05, 4.69) is 36.4 Å². The molecule has 0 N–H and O–H groups in total. The molecule has 2 heteroatoms. The van der Waals surface area contributed by atoms with Crippen LogP contribution in [-0.2, 0) is 9.59 Å². The van der Waals surface area contributed by atoms with Gasteiger partial charge in [-0.1, -0.05) is 67.1 Å². The van der Waals surface area contributed by atoms with E-state index >= 15 is 0 Å². The number of hydrogen-bond acceptors (Lipinski definition) is 2. The largest absolute Gasteiger partial charge is 0.300 e. The van der Waals surface area contributed by atoms with Gasteiger partial charge in [0.05, 0.1) is 0 Å². The van der Waals surface area contributed by atoms with E-state index in [1.165, 1.54) is 24.0 Å². The molecule has 4 rings (SSSR count). The van der Waals surface area contributed by atoms with Crippen molar-refractivity contribution in [2.45, 2.75) is 63.2 Å². The van der Waals surface area contributed by atoms with Crippen LogP contribution >= 0.6 is 0 Å². The van der Waals surface area contributed by atoms with E-state index in [9.17, 15) is 9.59 Å². The molecule has 136 valence electrons. The highest BCUT2D eigenvalue weighted by Crippen LogP contribution is 2.30. The first-order valence-corrected chi connectivity index (χ1v) is 9.88. The van der Waals surface area contributed by atoms with Gasteiger partial charge in [0.15, 0.2) is 0 Å². The number of carbonyl (C=O) groups excluding carboxylic acids is 2. The first-order valence-electron chi connectivity index (χ1n) is 9.88. The summed E-state index contributed by atoms with van der Waals surface area (Å²) < 4.78 is 0. The number of ketones is 2. The lowest BCUT2D eigenvalue weighted by atomic mass is 9.83. The minimum Gasteiger partial charge on any atom is -0.300 e. The van der Waals surface area contributed by atoms with Crippen molar-refractivity contribution in [3.05, 3.63) is 71.8 Å². The fourth-order valence-electron chi connectivity index (χ4n) is 4.06. The van der Waals surface area contributed by atoms with E-state index in [1.807, 2.05) is 24.3 Å². The molecule has 2 atom stereocenters. The maximum Gasteiger partial charge on any atom is 0.140 e. The summed E-state index contributed by atoms with van der Waals surface area (Å²) in [6, 6.07) is 20.5. The van der Waals surface area contributed by atoms with Gasteiger partial charge in [-0.15, -0.1) is 0 Å². The summed E-state index contributed by atoms with van der Waals surface area (Å²) in [4.78, 5) is 22.8. The summed E-state index contributed by atoms with van der Waals surface area (Å²) in [6.45, 7) is 0. The highest BCUT2D eigenvalue weighted by atomic mass is 16.1. The molecule has 0 aliphatic heterocycles. The van der Waals surface area contributed by atoms with Crippen molar-refractivity contribution in [3.8, 4) is 0 Å². The van der Waals surface area contributed by atoms with Crippen LogP contribution in [0.4, 0.5) is 0 Å². The summed E-state index contributed by atoms with van der Waals surface area (Å²) in [5.74, 6) is 1.54. The molecule has 2 nitrogen and oxygen atoms in total. The Balaban J connectivity index is 0.000000151. The number of carbonyl (C=O) groups is 2. The van der Waals surface area contributed by atoms with Crippen molar-refractivity contribution in [3.63, 3.8) is 0 Å². The van der Waals surface area contributed by atoms with Gasteiger partial charge in [0, 0.05) is 25.2 Å². The zero-order chi connectivity index (χ0) is 18.2. The van der Waals surface area contributed by atoms with Crippen LogP contribution in [0, 0.1) is 0 Å². The second kappa shape index (κ2) is 9.47. The molecule has 2 aromatic carbocycles. The molecule has 2 aliphatic carbocycles. The third kappa shape index (κ3) is 5.14. The van der Waals surface area contributed by atoms with E-state index in [0.29, 0.717) is 17.5 Å². The Morgan fingerprint density at radius 1 is 0.654 bits per heavy atom. The molecule has 0 aromatic heterocycles. The summed E-state index contributed by atoms with van der Waals surface area (Å²) in [5.41, 5.74) is 2.53. The molecule has 2 aromatic rings. The van der Waals surface area contributed by atoms with Gasteiger partial charge in [0.2, 0.25) is 0 Å². The van der Waals surface area contributed by atoms with Crippen molar-refractivity contribution in [1.82, 2.24) is 0 Å². The van der Waals surface area contributed by atoms with Gasteiger partial charge in [-0.3, -0.25) is 9.59 Å². The average Bonchev–Trinajstić information content (AvgIpc) is 2.70. The van der Waals surface area contributed by atoms with E-state index in [-0.39, 0.29) is 5.92 Å². The molecule has 0 amide bonds. The van der Waals surface area contributed by atoms with Crippen LogP contribution in [-0.4, -0.2) is 11.6 Å². The lowest BCUT2D eigenvalue weighted by Crippen LogP contribution is -2.16. The second-order valence-electron chi connectivity index (χ2n) is 7.42. The maximum atomic E-state index is 11.6. The number of Topliss-reactive ketones (excluding diaryl/α,β-unsaturated/α-hetero) is 2. The van der Waals surface area contributed by atoms with Crippen LogP contribution in [0.1, 0.15) is 74.3 Å². The molecule has 0 bridgehead atoms. The highest BCUT2D eigenvalue weighted by molar-refractivity contribution is 5.86. The van der Waals surface area contributed by atoms with Crippen molar-refractivity contribution in [2.24, 2.45) is 0 Å². The maximum absolute atomic E-state index is 11.6. The molecule has 0 spiro atoms. The molecule has 2 fully saturated rings. The van der Waals surface area contributed by atoms with Crippen molar-refractivity contribution >= 4 is 11.6 Å². The fourth-order valence-corrected chi connectivity index (χ4v) is 4.06. The normalized spacial score (nSPS) is 23.1. The lowest BCUT2D eigenvalue weighted by molar-refractivity contribution is -0.122. The van der Waals surface area contributed by atoms with Gasteiger partial charge in [-0.25, -0.2) is 0 Å². The fraction of sp³-hybridized carbons (Fsp3) is 0.417. The topological polar surface area (TPSA) is 34.1 Å². The van der Waals surface area contributed by atoms with E-state index in [4.69, 9.17) is 0 Å². The molecular formula is C24H28O2. The van der Waals surface area contributed by atoms with Crippen molar-refractivity contribution in [1.29, 1.82) is 0 Å². The molecule has 0 heterocycles. The smallest absolute Gasteiger partial charge is 0.140 e. The third-order valence-electron chi connectivity index (χ3n) is 5.51. The monoisotopic (exact) mass is 348 g/mol. The first kappa shape index (κ1) is 18.6. The van der Waals surface area contributed by atoms with Gasteiger partial charge in [0.25, 0.3) is 0 Å². The van der Waals surface area contributed by atoms with E-state index in [1.54, 1.807) is 0 Å². The first-order chi connectivity index (χ1) is 12.7. The zero-order valence-corrected chi connectivity index (χ0v) is 15.4. The molecular weight excluding hydrogens is 320 g/mol. The molecule has 2 aliphatic rings. The summed E-state index contributed by atoms with van der Waals surface area (Å²) in [5, 5.41) is 0. The zero-order valence-electron chi connectivity index (χ0n) is 15.4. The van der Waals surface area contributed by atoms with Crippen LogP contribution in [0.15, 0.2) is 60.7 Å². The van der Waals surface area contributed by atoms with Crippen LogP contribution < -0.4 is 0 Å². The van der Waals surface area contributed by atoms with Crippen LogP contribution in [0.5, 0.6) is 0 Å². The quantitative estimate of drug-likeness (QED) is 0.684. The minimum atomic E-state index is 0.190. The Labute approximate surface area is 156 Å². The summed E-state index contributed by atoms with van der Waals surface area (Å²) in [6.07, 6.45) is 7.90. The number of hydrogen-bond donors (Lipinski definition) is 0. The predicted octanol–water partition coefficient (Wildman–Crippen LogP) is 5.83. The van der Waals surface area contributed by atoms with E-state index < -0.39 is 0 Å². The minimum absolute atomic E-state index is 0.190. The molecule has 0 radical (unpaired) electrons. The van der Waals surface area contributed by atoms with Gasteiger partial charge in [-0.05, 0) is 42.7 Å². The van der Waals surface area contributed by atoms with Gasteiger partial charge in [-0.2, -0.15) is 0 Å². The van der Waals surface area contributed by atoms with Crippen molar-refractivity contribution in [2.75, 3.05) is 0 Å². The Morgan fingerprint density at radius 3 is 1.92 bits per heavy atom. The lowest BCUT2D eigenvalue weighted by Gasteiger charge is -2.20. The van der Waals surface area contributed by atoms with Crippen molar-refractivity contribution < 1.29 is 9.59 Å². The van der Waals surface area contributed by atoms with Gasteiger partial charge < -0.3 is 0 Å². The number of benzene rings is 2. The third-order valence-corrected chi connectivity index (χ3v) is 5.51. The molecule has 26 heavy (non-hydrogen) atoms. The molecule has 0 saturated heterocycles. The number of rotatable bonds is 2. The molecule has 2 saturated carbocycles. The van der Waals surface area contributed by atoms with Crippen LogP contribution in [0.3, 0.4) is 0 Å². The second-order valence-corrected chi connectivity index (χ2v) is 7.42. The Hall–Kier alpha value is -2.22. The summed E-state index contributed by atoms with van der Waals surface area (Å²) in [7, 11) is 0. The van der Waals surface area contributed by atoms with Gasteiger partial charge >= 0.3 is 0 Å². The average molecular weight is 348 g/mol. The standard InChI is InChI=1S/2C12H14O/c13-12-9-5-4-8-11(12)10-6-2-1-3-7-10;13-12-8-4-7-11(9-12)10-5-2-1-3-6-10/h1-3,6-7,11H,4-5,8-9H2;1-3,5-6,11H,4,7-9H2.